The third kappa shape index (κ3) is 2.95. The van der Waals surface area contributed by atoms with Crippen molar-refractivity contribution in [2.75, 3.05) is 4.90 Å². The van der Waals surface area contributed by atoms with Crippen LogP contribution in [0, 0.1) is 13.8 Å². The largest absolute Gasteiger partial charge is 0.455 e. The second kappa shape index (κ2) is 6.01. The van der Waals surface area contributed by atoms with Gasteiger partial charge in [0.15, 0.2) is 0 Å². The zero-order valence-electron chi connectivity index (χ0n) is 13.0. The van der Waals surface area contributed by atoms with E-state index in [4.69, 9.17) is 16.3 Å². The highest BCUT2D eigenvalue weighted by molar-refractivity contribution is 6.33. The molecule has 114 valence electrons. The molecule has 1 atom stereocenters. The van der Waals surface area contributed by atoms with E-state index in [-0.39, 0.29) is 0 Å². The predicted molar refractivity (Wildman–Crippen MR) is 90.9 cm³/mol. The molecule has 0 saturated carbocycles. The van der Waals surface area contributed by atoms with E-state index in [0.29, 0.717) is 16.8 Å². The summed E-state index contributed by atoms with van der Waals surface area (Å²) in [5, 5.41) is 0.694. The van der Waals surface area contributed by atoms with Gasteiger partial charge in [-0.15, -0.1) is 0 Å². The van der Waals surface area contributed by atoms with Crippen LogP contribution in [0.15, 0.2) is 42.7 Å². The minimum absolute atomic E-state index is 0.435. The van der Waals surface area contributed by atoms with Crippen LogP contribution in [0.3, 0.4) is 0 Å². The van der Waals surface area contributed by atoms with Crippen molar-refractivity contribution in [3.8, 4) is 11.5 Å². The van der Waals surface area contributed by atoms with Crippen LogP contribution in [0.2, 0.25) is 5.02 Å². The summed E-state index contributed by atoms with van der Waals surface area (Å²) in [6.07, 6.45) is 7.03. The highest BCUT2D eigenvalue weighted by Gasteiger charge is 2.19. The molecule has 0 N–H and O–H groups in total. The molecule has 0 aliphatic carbocycles. The van der Waals surface area contributed by atoms with E-state index in [1.165, 1.54) is 0 Å². The molecule has 3 nitrogen and oxygen atoms in total. The molecular formula is C18H19ClN2O. The molecule has 1 aromatic carbocycles. The van der Waals surface area contributed by atoms with Crippen molar-refractivity contribution in [1.29, 1.82) is 0 Å². The first-order chi connectivity index (χ1) is 10.5. The number of aryl methyl sites for hydroxylation is 2. The number of pyridine rings is 1. The van der Waals surface area contributed by atoms with Crippen LogP contribution in [-0.4, -0.2) is 11.0 Å². The van der Waals surface area contributed by atoms with Crippen molar-refractivity contribution >= 4 is 17.3 Å². The molecule has 1 aliphatic heterocycles. The summed E-state index contributed by atoms with van der Waals surface area (Å²) in [6.45, 7) is 6.17. The lowest BCUT2D eigenvalue weighted by Crippen LogP contribution is -2.23. The standard InChI is InChI=1S/C18H19ClN2O/c1-12-9-17(21-8-4-5-14(21)3)16(19)10-18(12)22-15-7-6-13(2)20-11-15/h4,6-11,14H,5H2,1-3H3. The zero-order valence-corrected chi connectivity index (χ0v) is 13.8. The molecule has 2 aromatic rings. The van der Waals surface area contributed by atoms with Gasteiger partial charge in [-0.25, -0.2) is 0 Å². The third-order valence-corrected chi connectivity index (χ3v) is 4.16. The van der Waals surface area contributed by atoms with Gasteiger partial charge in [0, 0.05) is 24.0 Å². The number of hydrogen-bond acceptors (Lipinski definition) is 3. The Labute approximate surface area is 136 Å². The molecule has 1 unspecified atom stereocenters. The number of rotatable bonds is 3. The molecule has 4 heteroatoms. The van der Waals surface area contributed by atoms with Crippen molar-refractivity contribution in [2.24, 2.45) is 0 Å². The van der Waals surface area contributed by atoms with E-state index in [9.17, 15) is 0 Å². The van der Waals surface area contributed by atoms with Gasteiger partial charge in [0.2, 0.25) is 0 Å². The molecule has 0 fully saturated rings. The number of benzene rings is 1. The Morgan fingerprint density at radius 3 is 2.73 bits per heavy atom. The molecule has 1 aliphatic rings. The lowest BCUT2D eigenvalue weighted by Gasteiger charge is -2.24. The Morgan fingerprint density at radius 1 is 1.27 bits per heavy atom. The van der Waals surface area contributed by atoms with E-state index in [1.54, 1.807) is 6.20 Å². The third-order valence-electron chi connectivity index (χ3n) is 3.85. The first-order valence-electron chi connectivity index (χ1n) is 7.40. The van der Waals surface area contributed by atoms with E-state index in [2.05, 4.69) is 35.1 Å². The van der Waals surface area contributed by atoms with Crippen molar-refractivity contribution in [3.05, 3.63) is 59.0 Å². The Balaban J connectivity index is 1.89. The first-order valence-corrected chi connectivity index (χ1v) is 7.78. The summed E-state index contributed by atoms with van der Waals surface area (Å²) in [6, 6.07) is 8.23. The second-order valence-corrected chi connectivity index (χ2v) is 6.09. The van der Waals surface area contributed by atoms with Gasteiger partial charge in [-0.1, -0.05) is 17.7 Å². The maximum Gasteiger partial charge on any atom is 0.145 e. The van der Waals surface area contributed by atoms with Gasteiger partial charge < -0.3 is 9.64 Å². The molecule has 3 rings (SSSR count). The Morgan fingerprint density at radius 2 is 2.09 bits per heavy atom. The lowest BCUT2D eigenvalue weighted by molar-refractivity contribution is 0.476. The van der Waals surface area contributed by atoms with Gasteiger partial charge in [0.1, 0.15) is 11.5 Å². The predicted octanol–water partition coefficient (Wildman–Crippen LogP) is 5.26. The smallest absolute Gasteiger partial charge is 0.145 e. The van der Waals surface area contributed by atoms with Crippen LogP contribution >= 0.6 is 11.6 Å². The van der Waals surface area contributed by atoms with Crippen LogP contribution < -0.4 is 9.64 Å². The molecule has 0 radical (unpaired) electrons. The van der Waals surface area contributed by atoms with E-state index in [1.807, 2.05) is 32.0 Å². The van der Waals surface area contributed by atoms with Gasteiger partial charge in [-0.3, -0.25) is 4.98 Å². The number of anilines is 1. The molecule has 1 aromatic heterocycles. The van der Waals surface area contributed by atoms with Gasteiger partial charge in [0.25, 0.3) is 0 Å². The first kappa shape index (κ1) is 14.9. The Hall–Kier alpha value is -2.00. The van der Waals surface area contributed by atoms with Crippen LogP contribution in [0.5, 0.6) is 11.5 Å². The minimum Gasteiger partial charge on any atom is -0.455 e. The summed E-state index contributed by atoms with van der Waals surface area (Å²) >= 11 is 6.47. The second-order valence-electron chi connectivity index (χ2n) is 5.68. The molecule has 0 amide bonds. The topological polar surface area (TPSA) is 25.4 Å². The summed E-state index contributed by atoms with van der Waals surface area (Å²) < 4.78 is 5.91. The average molecular weight is 315 g/mol. The number of halogens is 1. The van der Waals surface area contributed by atoms with Crippen LogP contribution in [0.25, 0.3) is 0 Å². The van der Waals surface area contributed by atoms with E-state index >= 15 is 0 Å². The highest BCUT2D eigenvalue weighted by Crippen LogP contribution is 2.37. The zero-order chi connectivity index (χ0) is 15.7. The maximum absolute atomic E-state index is 6.47. The van der Waals surface area contributed by atoms with Crippen LogP contribution in [0.1, 0.15) is 24.6 Å². The Kier molecular flexibility index (Phi) is 4.08. The molecule has 22 heavy (non-hydrogen) atoms. The van der Waals surface area contributed by atoms with Crippen molar-refractivity contribution < 1.29 is 4.74 Å². The number of hydrogen-bond donors (Lipinski definition) is 0. The minimum atomic E-state index is 0.435. The monoisotopic (exact) mass is 314 g/mol. The van der Waals surface area contributed by atoms with Gasteiger partial charge in [-0.2, -0.15) is 0 Å². The Bertz CT molecular complexity index is 710. The fraction of sp³-hybridized carbons (Fsp3) is 0.278. The molecule has 0 spiro atoms. The number of ether oxygens (including phenoxy) is 1. The number of nitrogens with zero attached hydrogens (tertiary/aromatic N) is 2. The summed E-state index contributed by atoms with van der Waals surface area (Å²) in [7, 11) is 0. The summed E-state index contributed by atoms with van der Waals surface area (Å²) in [4.78, 5) is 6.44. The van der Waals surface area contributed by atoms with Gasteiger partial charge in [0.05, 0.1) is 16.9 Å². The highest BCUT2D eigenvalue weighted by atomic mass is 35.5. The normalized spacial score (nSPS) is 17.1. The summed E-state index contributed by atoms with van der Waals surface area (Å²) in [5.74, 6) is 1.47. The molecule has 2 heterocycles. The van der Waals surface area contributed by atoms with Gasteiger partial charge >= 0.3 is 0 Å². The van der Waals surface area contributed by atoms with Crippen molar-refractivity contribution in [3.63, 3.8) is 0 Å². The van der Waals surface area contributed by atoms with Crippen molar-refractivity contribution in [2.45, 2.75) is 33.2 Å². The fourth-order valence-corrected chi connectivity index (χ4v) is 2.80. The molecular weight excluding hydrogens is 296 g/mol. The quantitative estimate of drug-likeness (QED) is 0.773. The fourth-order valence-electron chi connectivity index (χ4n) is 2.55. The van der Waals surface area contributed by atoms with E-state index in [0.717, 1.165) is 29.1 Å². The summed E-state index contributed by atoms with van der Waals surface area (Å²) in [5.41, 5.74) is 3.04. The average Bonchev–Trinajstić information content (AvgIpc) is 2.91. The van der Waals surface area contributed by atoms with Gasteiger partial charge in [-0.05, 0) is 51.0 Å². The molecule has 0 saturated heterocycles. The van der Waals surface area contributed by atoms with Crippen molar-refractivity contribution in [1.82, 2.24) is 4.98 Å². The molecule has 0 bridgehead atoms. The van der Waals surface area contributed by atoms with Crippen LogP contribution in [-0.2, 0) is 0 Å². The van der Waals surface area contributed by atoms with Crippen LogP contribution in [0.4, 0.5) is 5.69 Å². The maximum atomic E-state index is 6.47. The van der Waals surface area contributed by atoms with E-state index < -0.39 is 0 Å². The number of aromatic nitrogens is 1. The SMILES string of the molecule is Cc1ccc(Oc2cc(Cl)c(N3C=CCC3C)cc2C)cn1. The lowest BCUT2D eigenvalue weighted by atomic mass is 10.1.